The van der Waals surface area contributed by atoms with Crippen LogP contribution in [-0.4, -0.2) is 13.1 Å². The first kappa shape index (κ1) is 12.2. The predicted molar refractivity (Wildman–Crippen MR) is 59.5 cm³/mol. The van der Waals surface area contributed by atoms with Gasteiger partial charge in [0.05, 0.1) is 25.2 Å². The maximum Gasteiger partial charge on any atom is 0.309 e. The van der Waals surface area contributed by atoms with Gasteiger partial charge in [-0.05, 0) is 29.7 Å². The Labute approximate surface area is 94.6 Å². The lowest BCUT2D eigenvalue weighted by atomic mass is 9.96. The molecule has 2 N–H and O–H groups in total. The minimum Gasteiger partial charge on any atom is -0.469 e. The van der Waals surface area contributed by atoms with E-state index in [1.165, 1.54) is 7.11 Å². The van der Waals surface area contributed by atoms with E-state index < -0.39 is 0 Å². The van der Waals surface area contributed by atoms with Crippen molar-refractivity contribution < 1.29 is 9.53 Å². The average Bonchev–Trinajstić information content (AvgIpc) is 2.31. The number of hydrogen-bond donors (Lipinski definition) is 1. The molecule has 0 aromatic heterocycles. The molecule has 0 aliphatic heterocycles. The van der Waals surface area contributed by atoms with Crippen LogP contribution in [-0.2, 0) is 22.5 Å². The zero-order chi connectivity index (χ0) is 12.1. The maximum absolute atomic E-state index is 11.2. The van der Waals surface area contributed by atoms with E-state index in [-0.39, 0.29) is 12.4 Å². The van der Waals surface area contributed by atoms with Gasteiger partial charge in [-0.2, -0.15) is 5.26 Å². The van der Waals surface area contributed by atoms with Crippen molar-refractivity contribution in [3.8, 4) is 6.07 Å². The van der Waals surface area contributed by atoms with Crippen LogP contribution < -0.4 is 5.73 Å². The van der Waals surface area contributed by atoms with Gasteiger partial charge in [-0.25, -0.2) is 0 Å². The minimum atomic E-state index is -0.296. The highest BCUT2D eigenvalue weighted by molar-refractivity contribution is 5.73. The van der Waals surface area contributed by atoms with E-state index in [0.29, 0.717) is 12.1 Å². The largest absolute Gasteiger partial charge is 0.469 e. The van der Waals surface area contributed by atoms with Gasteiger partial charge in [0.15, 0.2) is 0 Å². The van der Waals surface area contributed by atoms with Crippen molar-refractivity contribution in [3.05, 3.63) is 34.4 Å². The van der Waals surface area contributed by atoms with Crippen LogP contribution in [0, 0.1) is 18.3 Å². The van der Waals surface area contributed by atoms with E-state index in [0.717, 1.165) is 16.7 Å². The molecule has 0 bridgehead atoms. The molecular weight excluding hydrogens is 204 g/mol. The molecule has 0 unspecified atom stereocenters. The van der Waals surface area contributed by atoms with Gasteiger partial charge in [0.1, 0.15) is 0 Å². The van der Waals surface area contributed by atoms with Crippen molar-refractivity contribution in [2.75, 3.05) is 7.11 Å². The van der Waals surface area contributed by atoms with E-state index in [1.54, 1.807) is 12.1 Å². The van der Waals surface area contributed by atoms with Gasteiger partial charge in [0.2, 0.25) is 0 Å². The van der Waals surface area contributed by atoms with Crippen LogP contribution in [0.5, 0.6) is 0 Å². The number of nitriles is 1. The molecule has 0 saturated carbocycles. The number of carbonyl (C=O) groups is 1. The number of esters is 1. The van der Waals surface area contributed by atoms with E-state index in [9.17, 15) is 4.79 Å². The Kier molecular flexibility index (Phi) is 4.03. The number of nitrogens with two attached hydrogens (primary N) is 1. The van der Waals surface area contributed by atoms with Crippen LogP contribution in [0.2, 0.25) is 0 Å². The molecule has 0 radical (unpaired) electrons. The number of methoxy groups -OCH3 is 1. The van der Waals surface area contributed by atoms with Crippen LogP contribution in [0.3, 0.4) is 0 Å². The molecule has 84 valence electrons. The highest BCUT2D eigenvalue weighted by atomic mass is 16.5. The van der Waals surface area contributed by atoms with Crippen molar-refractivity contribution in [2.24, 2.45) is 5.73 Å². The smallest absolute Gasteiger partial charge is 0.309 e. The normalized spacial score (nSPS) is 9.62. The first-order chi connectivity index (χ1) is 7.63. The molecule has 1 aromatic carbocycles. The van der Waals surface area contributed by atoms with Crippen LogP contribution in [0.1, 0.15) is 22.3 Å². The third-order valence-corrected chi connectivity index (χ3v) is 2.60. The third kappa shape index (κ3) is 2.38. The molecule has 0 fully saturated rings. The van der Waals surface area contributed by atoms with Gasteiger partial charge < -0.3 is 10.5 Å². The predicted octanol–water partition coefficient (Wildman–Crippen LogP) is 1.04. The molecule has 0 spiro atoms. The lowest BCUT2D eigenvalue weighted by molar-refractivity contribution is -0.139. The monoisotopic (exact) mass is 218 g/mol. The summed E-state index contributed by atoms with van der Waals surface area (Å²) in [7, 11) is 1.35. The second-order valence-electron chi connectivity index (χ2n) is 3.44. The summed E-state index contributed by atoms with van der Waals surface area (Å²) in [6.45, 7) is 2.16. The highest BCUT2D eigenvalue weighted by Crippen LogP contribution is 2.18. The molecule has 0 aliphatic carbocycles. The molecule has 4 nitrogen and oxygen atoms in total. The van der Waals surface area contributed by atoms with Crippen LogP contribution in [0.25, 0.3) is 0 Å². The second-order valence-corrected chi connectivity index (χ2v) is 3.44. The molecule has 0 heterocycles. The summed E-state index contributed by atoms with van der Waals surface area (Å²) in [5.41, 5.74) is 8.70. The number of carbonyl (C=O) groups excluding carboxylic acids is 1. The standard InChI is InChI=1S/C12H14N2O2/c1-8-9(5-12(15)16-2)3-4-10(6-13)11(8)7-14/h3-4H,5,7,14H2,1-2H3. The van der Waals surface area contributed by atoms with E-state index in [1.807, 2.05) is 6.92 Å². The Hall–Kier alpha value is -1.86. The fraction of sp³-hybridized carbons (Fsp3) is 0.333. The van der Waals surface area contributed by atoms with Gasteiger partial charge >= 0.3 is 5.97 Å². The number of benzene rings is 1. The number of rotatable bonds is 3. The first-order valence-corrected chi connectivity index (χ1v) is 4.92. The molecule has 1 rings (SSSR count). The summed E-state index contributed by atoms with van der Waals surface area (Å²) in [5.74, 6) is -0.296. The first-order valence-electron chi connectivity index (χ1n) is 4.92. The Morgan fingerprint density at radius 3 is 2.75 bits per heavy atom. The summed E-state index contributed by atoms with van der Waals surface area (Å²) in [6.07, 6.45) is 0.209. The molecule has 0 aliphatic rings. The van der Waals surface area contributed by atoms with Gasteiger partial charge in [0.25, 0.3) is 0 Å². The molecule has 16 heavy (non-hydrogen) atoms. The Morgan fingerprint density at radius 2 is 2.25 bits per heavy atom. The lowest BCUT2D eigenvalue weighted by Crippen LogP contribution is -2.09. The zero-order valence-electron chi connectivity index (χ0n) is 9.41. The minimum absolute atomic E-state index is 0.209. The highest BCUT2D eigenvalue weighted by Gasteiger charge is 2.11. The topological polar surface area (TPSA) is 76.1 Å². The molecule has 4 heteroatoms. The fourth-order valence-electron chi connectivity index (χ4n) is 1.59. The quantitative estimate of drug-likeness (QED) is 0.769. The van der Waals surface area contributed by atoms with Crippen molar-refractivity contribution in [3.63, 3.8) is 0 Å². The van der Waals surface area contributed by atoms with Crippen molar-refractivity contribution >= 4 is 5.97 Å². The SMILES string of the molecule is COC(=O)Cc1ccc(C#N)c(CN)c1C. The Morgan fingerprint density at radius 1 is 1.56 bits per heavy atom. The molecular formula is C12H14N2O2. The van der Waals surface area contributed by atoms with Gasteiger partial charge in [-0.15, -0.1) is 0 Å². The van der Waals surface area contributed by atoms with Crippen LogP contribution in [0.15, 0.2) is 12.1 Å². The Balaban J connectivity index is 3.15. The molecule has 1 aromatic rings. The summed E-state index contributed by atoms with van der Waals surface area (Å²) in [4.78, 5) is 11.2. The number of hydrogen-bond acceptors (Lipinski definition) is 4. The van der Waals surface area contributed by atoms with E-state index in [2.05, 4.69) is 10.8 Å². The van der Waals surface area contributed by atoms with Crippen molar-refractivity contribution in [2.45, 2.75) is 19.9 Å². The third-order valence-electron chi connectivity index (χ3n) is 2.60. The second kappa shape index (κ2) is 5.29. The lowest BCUT2D eigenvalue weighted by Gasteiger charge is -2.10. The van der Waals surface area contributed by atoms with Crippen LogP contribution in [0.4, 0.5) is 0 Å². The van der Waals surface area contributed by atoms with Gasteiger partial charge in [-0.1, -0.05) is 6.07 Å². The van der Waals surface area contributed by atoms with Crippen LogP contribution >= 0.6 is 0 Å². The number of nitrogens with zero attached hydrogens (tertiary/aromatic N) is 1. The molecule has 0 amide bonds. The average molecular weight is 218 g/mol. The maximum atomic E-state index is 11.2. The van der Waals surface area contributed by atoms with E-state index in [4.69, 9.17) is 11.0 Å². The van der Waals surface area contributed by atoms with Gasteiger partial charge in [0, 0.05) is 6.54 Å². The van der Waals surface area contributed by atoms with E-state index >= 15 is 0 Å². The summed E-state index contributed by atoms with van der Waals surface area (Å²) in [6, 6.07) is 5.54. The summed E-state index contributed by atoms with van der Waals surface area (Å²) in [5, 5.41) is 8.90. The fourth-order valence-corrected chi connectivity index (χ4v) is 1.59. The Bertz CT molecular complexity index is 447. The van der Waals surface area contributed by atoms with Crippen molar-refractivity contribution in [1.82, 2.24) is 0 Å². The number of ether oxygens (including phenoxy) is 1. The van der Waals surface area contributed by atoms with Gasteiger partial charge in [-0.3, -0.25) is 4.79 Å². The summed E-state index contributed by atoms with van der Waals surface area (Å²) < 4.78 is 4.60. The van der Waals surface area contributed by atoms with Crippen molar-refractivity contribution in [1.29, 1.82) is 5.26 Å². The zero-order valence-corrected chi connectivity index (χ0v) is 9.41. The molecule has 0 atom stereocenters. The summed E-state index contributed by atoms with van der Waals surface area (Å²) >= 11 is 0. The molecule has 0 saturated heterocycles.